The van der Waals surface area contributed by atoms with E-state index < -0.39 is 16.4 Å². The zero-order valence-electron chi connectivity index (χ0n) is 11.2. The lowest BCUT2D eigenvalue weighted by atomic mass is 9.97. The minimum Gasteiger partial charge on any atom is -0.388 e. The third-order valence-corrected chi connectivity index (χ3v) is 3.48. The van der Waals surface area contributed by atoms with Crippen LogP contribution in [-0.4, -0.2) is 33.1 Å². The van der Waals surface area contributed by atoms with E-state index in [0.717, 1.165) is 12.3 Å². The Hall–Kier alpha value is -1.73. The van der Waals surface area contributed by atoms with Crippen LogP contribution in [0.3, 0.4) is 0 Å². The van der Waals surface area contributed by atoms with E-state index in [1.807, 2.05) is 0 Å². The second-order valence-corrected chi connectivity index (χ2v) is 4.76. The fraction of sp³-hybridized carbons (Fsp3) is 0.500. The third kappa shape index (κ3) is 3.88. The molecule has 1 aromatic rings. The Bertz CT molecular complexity index is 517. The Morgan fingerprint density at radius 3 is 2.65 bits per heavy atom. The molecule has 1 heterocycles. The predicted molar refractivity (Wildman–Crippen MR) is 73.8 cm³/mol. The molecular formula is C12H16ClN3O4. The first-order valence-electron chi connectivity index (χ1n) is 6.13. The van der Waals surface area contributed by atoms with Crippen molar-refractivity contribution in [2.75, 3.05) is 6.54 Å². The van der Waals surface area contributed by atoms with Crippen molar-refractivity contribution in [1.29, 1.82) is 0 Å². The van der Waals surface area contributed by atoms with Gasteiger partial charge in [-0.1, -0.05) is 25.4 Å². The molecule has 0 aliphatic carbocycles. The van der Waals surface area contributed by atoms with Gasteiger partial charge in [-0.25, -0.2) is 4.98 Å². The molecule has 1 rings (SSSR count). The molecule has 1 amide bonds. The van der Waals surface area contributed by atoms with E-state index in [1.165, 1.54) is 0 Å². The lowest BCUT2D eigenvalue weighted by molar-refractivity contribution is -0.385. The predicted octanol–water partition coefficient (Wildman–Crippen LogP) is 1.92. The highest BCUT2D eigenvalue weighted by Crippen LogP contribution is 2.19. The summed E-state index contributed by atoms with van der Waals surface area (Å²) in [5, 5.41) is 23.1. The number of nitro groups is 1. The first-order valence-corrected chi connectivity index (χ1v) is 6.51. The van der Waals surface area contributed by atoms with Crippen LogP contribution in [0.15, 0.2) is 12.3 Å². The average molecular weight is 302 g/mol. The number of hydrogen-bond donors (Lipinski definition) is 2. The fourth-order valence-corrected chi connectivity index (χ4v) is 1.73. The van der Waals surface area contributed by atoms with Crippen LogP contribution in [0.2, 0.25) is 5.15 Å². The van der Waals surface area contributed by atoms with Crippen molar-refractivity contribution in [1.82, 2.24) is 10.3 Å². The van der Waals surface area contributed by atoms with Gasteiger partial charge in [0.2, 0.25) is 0 Å². The summed E-state index contributed by atoms with van der Waals surface area (Å²) in [6, 6.07) is 1.06. The molecule has 0 radical (unpaired) electrons. The molecule has 0 spiro atoms. The van der Waals surface area contributed by atoms with Gasteiger partial charge in [0.25, 0.3) is 11.6 Å². The molecule has 0 saturated carbocycles. The Kier molecular flexibility index (Phi) is 5.41. The summed E-state index contributed by atoms with van der Waals surface area (Å²) in [6.07, 6.45) is 1.93. The monoisotopic (exact) mass is 301 g/mol. The van der Waals surface area contributed by atoms with Gasteiger partial charge < -0.3 is 10.4 Å². The first-order chi connectivity index (χ1) is 9.33. The lowest BCUT2D eigenvalue weighted by Crippen LogP contribution is -2.42. The van der Waals surface area contributed by atoms with Crippen molar-refractivity contribution in [3.05, 3.63) is 33.1 Å². The maximum absolute atomic E-state index is 11.9. The molecule has 7 nitrogen and oxygen atoms in total. The zero-order valence-corrected chi connectivity index (χ0v) is 12.0. The number of amides is 1. The maximum atomic E-state index is 11.9. The van der Waals surface area contributed by atoms with Gasteiger partial charge in [-0.15, -0.1) is 0 Å². The molecular weight excluding hydrogens is 286 g/mol. The number of halogens is 1. The number of aliphatic hydroxyl groups is 1. The SMILES string of the molecule is CCC(O)(CC)CNC(=O)c1cc([N+](=O)[O-])cnc1Cl. The van der Waals surface area contributed by atoms with Crippen LogP contribution in [-0.2, 0) is 0 Å². The molecule has 0 unspecified atom stereocenters. The zero-order chi connectivity index (χ0) is 15.3. The van der Waals surface area contributed by atoms with E-state index in [1.54, 1.807) is 13.8 Å². The maximum Gasteiger partial charge on any atom is 0.288 e. The molecule has 0 saturated heterocycles. The van der Waals surface area contributed by atoms with E-state index in [4.69, 9.17) is 11.6 Å². The van der Waals surface area contributed by atoms with Gasteiger partial charge in [-0.3, -0.25) is 14.9 Å². The summed E-state index contributed by atoms with van der Waals surface area (Å²) in [6.45, 7) is 3.65. The molecule has 20 heavy (non-hydrogen) atoms. The summed E-state index contributed by atoms with van der Waals surface area (Å²) in [7, 11) is 0. The second kappa shape index (κ2) is 6.62. The molecule has 8 heteroatoms. The van der Waals surface area contributed by atoms with Crippen LogP contribution in [0, 0.1) is 10.1 Å². The molecule has 0 aromatic carbocycles. The van der Waals surface area contributed by atoms with Crippen molar-refractivity contribution in [3.8, 4) is 0 Å². The van der Waals surface area contributed by atoms with E-state index in [2.05, 4.69) is 10.3 Å². The molecule has 110 valence electrons. The minimum absolute atomic E-state index is 0.0395. The van der Waals surface area contributed by atoms with Gasteiger partial charge in [0.15, 0.2) is 0 Å². The largest absolute Gasteiger partial charge is 0.388 e. The number of rotatable bonds is 6. The van der Waals surface area contributed by atoms with Crippen LogP contribution in [0.4, 0.5) is 5.69 Å². The Morgan fingerprint density at radius 1 is 1.55 bits per heavy atom. The molecule has 0 aliphatic heterocycles. The van der Waals surface area contributed by atoms with Gasteiger partial charge in [0, 0.05) is 12.6 Å². The number of carbonyl (C=O) groups excluding carboxylic acids is 1. The summed E-state index contributed by atoms with van der Waals surface area (Å²) >= 11 is 5.76. The van der Waals surface area contributed by atoms with E-state index in [-0.39, 0.29) is 22.9 Å². The van der Waals surface area contributed by atoms with Crippen molar-refractivity contribution in [2.45, 2.75) is 32.3 Å². The minimum atomic E-state index is -1.00. The Morgan fingerprint density at radius 2 is 2.15 bits per heavy atom. The second-order valence-electron chi connectivity index (χ2n) is 4.40. The smallest absolute Gasteiger partial charge is 0.288 e. The van der Waals surface area contributed by atoms with Crippen LogP contribution in [0.5, 0.6) is 0 Å². The van der Waals surface area contributed by atoms with Crippen molar-refractivity contribution >= 4 is 23.2 Å². The van der Waals surface area contributed by atoms with E-state index in [0.29, 0.717) is 12.8 Å². The van der Waals surface area contributed by atoms with Gasteiger partial charge >= 0.3 is 0 Å². The van der Waals surface area contributed by atoms with Gasteiger partial charge in [-0.05, 0) is 12.8 Å². The quantitative estimate of drug-likeness (QED) is 0.474. The highest BCUT2D eigenvalue weighted by molar-refractivity contribution is 6.32. The normalized spacial score (nSPS) is 11.2. The lowest BCUT2D eigenvalue weighted by Gasteiger charge is -2.25. The van der Waals surface area contributed by atoms with Gasteiger partial charge in [0.05, 0.1) is 16.1 Å². The van der Waals surface area contributed by atoms with Crippen LogP contribution in [0.1, 0.15) is 37.0 Å². The topological polar surface area (TPSA) is 105 Å². The number of nitrogens with zero attached hydrogens (tertiary/aromatic N) is 2. The van der Waals surface area contributed by atoms with Crippen LogP contribution < -0.4 is 5.32 Å². The molecule has 1 aromatic heterocycles. The highest BCUT2D eigenvalue weighted by atomic mass is 35.5. The van der Waals surface area contributed by atoms with Crippen molar-refractivity contribution in [3.63, 3.8) is 0 Å². The molecule has 0 aliphatic rings. The van der Waals surface area contributed by atoms with Gasteiger partial charge in [0.1, 0.15) is 11.3 Å². The van der Waals surface area contributed by atoms with Crippen molar-refractivity contribution in [2.24, 2.45) is 0 Å². The molecule has 0 bridgehead atoms. The van der Waals surface area contributed by atoms with E-state index in [9.17, 15) is 20.0 Å². The standard InChI is InChI=1S/C12H16ClN3O4/c1-3-12(18,4-2)7-15-11(17)9-5-8(16(19)20)6-14-10(9)13/h5-6,18H,3-4,7H2,1-2H3,(H,15,17). The van der Waals surface area contributed by atoms with Crippen LogP contribution >= 0.6 is 11.6 Å². The van der Waals surface area contributed by atoms with E-state index >= 15 is 0 Å². The van der Waals surface area contributed by atoms with Crippen molar-refractivity contribution < 1.29 is 14.8 Å². The molecule has 2 N–H and O–H groups in total. The number of aromatic nitrogens is 1. The van der Waals surface area contributed by atoms with Crippen LogP contribution in [0.25, 0.3) is 0 Å². The summed E-state index contributed by atoms with van der Waals surface area (Å²) in [5.41, 5.74) is -1.41. The Labute approximate surface area is 121 Å². The first kappa shape index (κ1) is 16.3. The number of pyridine rings is 1. The highest BCUT2D eigenvalue weighted by Gasteiger charge is 2.24. The number of hydrogen-bond acceptors (Lipinski definition) is 5. The third-order valence-electron chi connectivity index (χ3n) is 3.17. The number of carbonyl (C=O) groups is 1. The molecule has 0 fully saturated rings. The fourth-order valence-electron chi connectivity index (χ4n) is 1.54. The Balaban J connectivity index is 2.87. The summed E-state index contributed by atoms with van der Waals surface area (Å²) in [5.74, 6) is -0.605. The summed E-state index contributed by atoms with van der Waals surface area (Å²) < 4.78 is 0. The average Bonchev–Trinajstić information content (AvgIpc) is 2.44. The van der Waals surface area contributed by atoms with Gasteiger partial charge in [-0.2, -0.15) is 0 Å². The molecule has 0 atom stereocenters. The number of nitrogens with one attached hydrogen (secondary N) is 1. The summed E-state index contributed by atoms with van der Waals surface area (Å²) in [4.78, 5) is 25.5.